The zero-order valence-corrected chi connectivity index (χ0v) is 21.3. The molecule has 0 radical (unpaired) electrons. The van der Waals surface area contributed by atoms with Crippen molar-refractivity contribution < 1.29 is 36.1 Å². The Kier molecular flexibility index (Phi) is 6.67. The second-order valence-corrected chi connectivity index (χ2v) is 10.9. The maximum atomic E-state index is 13.5. The summed E-state index contributed by atoms with van der Waals surface area (Å²) < 4.78 is 7.28. The van der Waals surface area contributed by atoms with E-state index < -0.39 is 17.2 Å². The summed E-state index contributed by atoms with van der Waals surface area (Å²) in [6.07, 6.45) is 2.54. The molecular weight excluding hydrogens is 506 g/mol. The summed E-state index contributed by atoms with van der Waals surface area (Å²) in [4.78, 5) is 14.7. The van der Waals surface area contributed by atoms with E-state index in [2.05, 4.69) is 37.3 Å². The largest absolute Gasteiger partial charge is 1.00 e. The molecule has 6 rings (SSSR count). The molecule has 3 aliphatic rings. The standard InChI is InChI=1S/C25H28NO3S2.BrH/c1-19(20-7-3-2-4-8-20)26-14-11-24(12-15-26,13-16-26)29-23(27)25(28,21-9-5-17-30-21)22-10-6-18-31-22;/h2-10,17-19,28H,11-16H2,1H3;1H/q+1;/p-1. The summed E-state index contributed by atoms with van der Waals surface area (Å²) in [7, 11) is 0. The number of benzene rings is 1. The Labute approximate surface area is 207 Å². The predicted molar refractivity (Wildman–Crippen MR) is 124 cm³/mol. The Hall–Kier alpha value is -1.51. The molecule has 2 bridgehead atoms. The molecule has 0 saturated carbocycles. The molecule has 0 aliphatic carbocycles. The fourth-order valence-corrected chi connectivity index (χ4v) is 7.05. The van der Waals surface area contributed by atoms with E-state index in [1.54, 1.807) is 0 Å². The van der Waals surface area contributed by atoms with E-state index in [0.717, 1.165) is 43.4 Å². The molecule has 3 saturated heterocycles. The molecule has 32 heavy (non-hydrogen) atoms. The highest BCUT2D eigenvalue weighted by Gasteiger charge is 2.56. The number of esters is 1. The van der Waals surface area contributed by atoms with E-state index in [9.17, 15) is 9.90 Å². The lowest BCUT2D eigenvalue weighted by Crippen LogP contribution is -3.00. The van der Waals surface area contributed by atoms with Crippen LogP contribution in [-0.4, -0.2) is 40.8 Å². The third-order valence-electron chi connectivity index (χ3n) is 7.50. The maximum Gasteiger partial charge on any atom is 0.349 e. The molecule has 1 N–H and O–H groups in total. The third-order valence-corrected chi connectivity index (χ3v) is 9.46. The Morgan fingerprint density at radius 3 is 1.97 bits per heavy atom. The lowest BCUT2D eigenvalue weighted by Gasteiger charge is -2.56. The number of halogens is 1. The van der Waals surface area contributed by atoms with Gasteiger partial charge in [-0.1, -0.05) is 42.5 Å². The van der Waals surface area contributed by atoms with E-state index in [0.29, 0.717) is 15.8 Å². The van der Waals surface area contributed by atoms with Crippen LogP contribution < -0.4 is 17.0 Å². The van der Waals surface area contributed by atoms with Gasteiger partial charge in [0.15, 0.2) is 0 Å². The van der Waals surface area contributed by atoms with Gasteiger partial charge in [0.1, 0.15) is 11.6 Å². The summed E-state index contributed by atoms with van der Waals surface area (Å²) >= 11 is 2.78. The van der Waals surface area contributed by atoms with Crippen molar-refractivity contribution in [3.63, 3.8) is 0 Å². The third kappa shape index (κ3) is 3.88. The number of piperidine rings is 3. The number of rotatable bonds is 6. The van der Waals surface area contributed by atoms with Gasteiger partial charge in [0.2, 0.25) is 5.60 Å². The summed E-state index contributed by atoms with van der Waals surface area (Å²) in [5.41, 5.74) is -0.815. The Bertz CT molecular complexity index is 978. The number of hydrogen-bond acceptors (Lipinski definition) is 5. The highest BCUT2D eigenvalue weighted by molar-refractivity contribution is 7.12. The molecular formula is C25H28BrNO3S2. The maximum absolute atomic E-state index is 13.5. The number of hydrogen-bond donors (Lipinski definition) is 1. The highest BCUT2D eigenvalue weighted by atomic mass is 79.9. The molecule has 5 heterocycles. The van der Waals surface area contributed by atoms with Gasteiger partial charge in [-0.25, -0.2) is 4.79 Å². The number of quaternary nitrogens is 1. The van der Waals surface area contributed by atoms with Crippen LogP contribution >= 0.6 is 22.7 Å². The SMILES string of the molecule is CC(c1ccccc1)[N+]12CCC(OC(=O)C(O)(c3cccs3)c3cccs3)(CC1)CC2.[Br-]. The summed E-state index contributed by atoms with van der Waals surface area (Å²) in [6.45, 7) is 5.32. The number of thiophene rings is 2. The number of carbonyl (C=O) groups is 1. The van der Waals surface area contributed by atoms with Crippen LogP contribution in [0.4, 0.5) is 0 Å². The van der Waals surface area contributed by atoms with Crippen molar-refractivity contribution in [1.29, 1.82) is 0 Å². The topological polar surface area (TPSA) is 46.5 Å². The molecule has 3 fully saturated rings. The van der Waals surface area contributed by atoms with Crippen molar-refractivity contribution in [2.24, 2.45) is 0 Å². The molecule has 1 unspecified atom stereocenters. The van der Waals surface area contributed by atoms with Gasteiger partial charge in [0.05, 0.1) is 29.4 Å². The van der Waals surface area contributed by atoms with Crippen LogP contribution in [0.5, 0.6) is 0 Å². The first-order valence-electron chi connectivity index (χ1n) is 10.9. The predicted octanol–water partition coefficient (Wildman–Crippen LogP) is 2.11. The van der Waals surface area contributed by atoms with Gasteiger partial charge in [0, 0.05) is 24.8 Å². The molecule has 170 valence electrons. The molecule has 4 nitrogen and oxygen atoms in total. The van der Waals surface area contributed by atoms with Gasteiger partial charge in [0.25, 0.3) is 0 Å². The van der Waals surface area contributed by atoms with Crippen LogP contribution in [-0.2, 0) is 15.1 Å². The van der Waals surface area contributed by atoms with E-state index >= 15 is 0 Å². The van der Waals surface area contributed by atoms with Crippen LogP contribution in [0.15, 0.2) is 65.4 Å². The summed E-state index contributed by atoms with van der Waals surface area (Å²) in [5.74, 6) is -0.532. The summed E-state index contributed by atoms with van der Waals surface area (Å²) in [5, 5.41) is 15.4. The van der Waals surface area contributed by atoms with Crippen LogP contribution in [0.3, 0.4) is 0 Å². The van der Waals surface area contributed by atoms with Crippen LogP contribution in [0, 0.1) is 0 Å². The van der Waals surface area contributed by atoms with Gasteiger partial charge < -0.3 is 31.3 Å². The van der Waals surface area contributed by atoms with E-state index in [1.165, 1.54) is 28.2 Å². The van der Waals surface area contributed by atoms with Crippen molar-refractivity contribution in [3.8, 4) is 0 Å². The van der Waals surface area contributed by atoms with Gasteiger partial charge in [-0.05, 0) is 29.8 Å². The first kappa shape index (κ1) is 23.6. The van der Waals surface area contributed by atoms with Gasteiger partial charge in [-0.15, -0.1) is 22.7 Å². The van der Waals surface area contributed by atoms with E-state index in [4.69, 9.17) is 4.74 Å². The zero-order chi connectivity index (χ0) is 21.5. The first-order valence-corrected chi connectivity index (χ1v) is 12.7. The molecule has 0 amide bonds. The second kappa shape index (κ2) is 9.03. The lowest BCUT2D eigenvalue weighted by atomic mass is 9.79. The van der Waals surface area contributed by atoms with Crippen LogP contribution in [0.2, 0.25) is 0 Å². The fourth-order valence-electron chi connectivity index (χ4n) is 5.33. The van der Waals surface area contributed by atoms with Gasteiger partial charge >= 0.3 is 5.97 Å². The van der Waals surface area contributed by atoms with E-state index in [1.807, 2.05) is 35.0 Å². The molecule has 0 spiro atoms. The Morgan fingerprint density at radius 1 is 0.969 bits per heavy atom. The van der Waals surface area contributed by atoms with Crippen molar-refractivity contribution in [1.82, 2.24) is 0 Å². The van der Waals surface area contributed by atoms with Crippen LogP contribution in [0.25, 0.3) is 0 Å². The minimum atomic E-state index is -1.73. The normalized spacial score (nSPS) is 25.7. The molecule has 2 aromatic heterocycles. The second-order valence-electron chi connectivity index (χ2n) is 8.96. The number of nitrogens with zero attached hydrogens (tertiary/aromatic N) is 1. The highest BCUT2D eigenvalue weighted by Crippen LogP contribution is 2.47. The number of carbonyl (C=O) groups excluding carboxylic acids is 1. The summed E-state index contributed by atoms with van der Waals surface area (Å²) in [6, 6.07) is 18.5. The van der Waals surface area contributed by atoms with Crippen molar-refractivity contribution in [2.45, 2.75) is 43.4 Å². The van der Waals surface area contributed by atoms with Crippen LogP contribution in [0.1, 0.15) is 47.5 Å². The smallest absolute Gasteiger partial charge is 0.349 e. The first-order chi connectivity index (χ1) is 15.0. The van der Waals surface area contributed by atoms with Crippen molar-refractivity contribution in [2.75, 3.05) is 19.6 Å². The minimum Gasteiger partial charge on any atom is -1.00 e. The number of ether oxygens (including phenoxy) is 1. The molecule has 3 aliphatic heterocycles. The minimum absolute atomic E-state index is 0. The Morgan fingerprint density at radius 2 is 1.50 bits per heavy atom. The van der Waals surface area contributed by atoms with Crippen molar-refractivity contribution in [3.05, 3.63) is 80.7 Å². The molecule has 1 atom stereocenters. The molecule has 3 aromatic rings. The zero-order valence-electron chi connectivity index (χ0n) is 18.1. The fraction of sp³-hybridized carbons (Fsp3) is 0.400. The number of aliphatic hydroxyl groups is 1. The average molecular weight is 535 g/mol. The monoisotopic (exact) mass is 533 g/mol. The van der Waals surface area contributed by atoms with Gasteiger partial charge in [-0.2, -0.15) is 0 Å². The Balaban J connectivity index is 0.00000245. The molecule has 7 heteroatoms. The molecule has 1 aromatic carbocycles. The van der Waals surface area contributed by atoms with E-state index in [-0.39, 0.29) is 17.0 Å². The lowest BCUT2D eigenvalue weighted by molar-refractivity contribution is -0.970. The number of fused-ring (bicyclic) bond motifs is 3. The van der Waals surface area contributed by atoms with Crippen molar-refractivity contribution >= 4 is 28.6 Å². The average Bonchev–Trinajstić information content (AvgIpc) is 3.55. The van der Waals surface area contributed by atoms with Gasteiger partial charge in [-0.3, -0.25) is 0 Å². The quantitative estimate of drug-likeness (QED) is 0.390.